The average molecular weight is 396 g/mol. The van der Waals surface area contributed by atoms with Crippen LogP contribution in [0.5, 0.6) is 0 Å². The zero-order valence-electron chi connectivity index (χ0n) is 13.7. The number of amides is 1. The molecule has 25 heavy (non-hydrogen) atoms. The number of nitrogens with zero attached hydrogens (tertiary/aromatic N) is 1. The largest absolute Gasteiger partial charge is 0.367 e. The highest BCUT2D eigenvalue weighted by molar-refractivity contribution is 9.10. The van der Waals surface area contributed by atoms with Crippen molar-refractivity contribution in [2.45, 2.75) is 36.6 Å². The summed E-state index contributed by atoms with van der Waals surface area (Å²) < 4.78 is 0.974. The van der Waals surface area contributed by atoms with Gasteiger partial charge in [-0.25, -0.2) is 0 Å². The molecule has 2 aromatic carbocycles. The zero-order chi connectivity index (χ0) is 17.5. The highest BCUT2D eigenvalue weighted by Crippen LogP contribution is 2.50. The third kappa shape index (κ3) is 2.61. The van der Waals surface area contributed by atoms with Gasteiger partial charge in [0.05, 0.1) is 11.5 Å². The number of hydrogen-bond donors (Lipinski definition) is 2. The maximum absolute atomic E-state index is 12.7. The maximum atomic E-state index is 12.7. The molecule has 1 aliphatic carbocycles. The van der Waals surface area contributed by atoms with Crippen LogP contribution in [0.15, 0.2) is 53.0 Å². The zero-order valence-corrected chi connectivity index (χ0v) is 15.3. The van der Waals surface area contributed by atoms with Gasteiger partial charge in [-0.2, -0.15) is 5.26 Å². The van der Waals surface area contributed by atoms with Gasteiger partial charge in [0, 0.05) is 15.8 Å². The van der Waals surface area contributed by atoms with Crippen LogP contribution in [-0.4, -0.2) is 11.4 Å². The first-order chi connectivity index (χ1) is 12.1. The third-order valence-corrected chi connectivity index (χ3v) is 6.00. The summed E-state index contributed by atoms with van der Waals surface area (Å²) in [4.78, 5) is 12.7. The number of nitriles is 1. The smallest absolute Gasteiger partial charge is 0.235 e. The predicted octanol–water partition coefficient (Wildman–Crippen LogP) is 4.59. The summed E-state index contributed by atoms with van der Waals surface area (Å²) in [6.07, 6.45) is 2.62. The number of hydrogen-bond acceptors (Lipinski definition) is 3. The molecule has 2 aliphatic rings. The van der Waals surface area contributed by atoms with Crippen LogP contribution in [0, 0.1) is 11.3 Å². The van der Waals surface area contributed by atoms with E-state index >= 15 is 0 Å². The monoisotopic (exact) mass is 395 g/mol. The molecule has 1 spiro atoms. The Bertz CT molecular complexity index is 879. The number of fused-ring (bicyclic) bond motifs is 2. The van der Waals surface area contributed by atoms with Gasteiger partial charge < -0.3 is 10.6 Å². The number of nitrogens with one attached hydrogen (secondary N) is 2. The molecular formula is C20H18BrN3O. The first-order valence-corrected chi connectivity index (χ1v) is 9.22. The second-order valence-electron chi connectivity index (χ2n) is 6.91. The third-order valence-electron chi connectivity index (χ3n) is 5.50. The van der Waals surface area contributed by atoms with E-state index in [4.69, 9.17) is 0 Å². The minimum Gasteiger partial charge on any atom is -0.367 e. The highest BCUT2D eigenvalue weighted by Gasteiger charge is 2.52. The van der Waals surface area contributed by atoms with Crippen LogP contribution >= 0.6 is 15.9 Å². The number of para-hydroxylation sites is 1. The van der Waals surface area contributed by atoms with Gasteiger partial charge in [-0.15, -0.1) is 0 Å². The molecule has 126 valence electrons. The van der Waals surface area contributed by atoms with Crippen molar-refractivity contribution in [3.05, 3.63) is 58.6 Å². The Balaban J connectivity index is 1.60. The van der Waals surface area contributed by atoms with Crippen molar-refractivity contribution in [1.29, 1.82) is 5.26 Å². The molecule has 4 rings (SSSR count). The van der Waals surface area contributed by atoms with Gasteiger partial charge in [0.2, 0.25) is 5.91 Å². The lowest BCUT2D eigenvalue weighted by atomic mass is 9.65. The van der Waals surface area contributed by atoms with E-state index in [-0.39, 0.29) is 5.91 Å². The maximum Gasteiger partial charge on any atom is 0.235 e. The predicted molar refractivity (Wildman–Crippen MR) is 101 cm³/mol. The van der Waals surface area contributed by atoms with E-state index in [0.717, 1.165) is 21.4 Å². The van der Waals surface area contributed by atoms with E-state index in [1.165, 1.54) is 0 Å². The number of carbonyl (C=O) groups is 1. The molecule has 2 aromatic rings. The van der Waals surface area contributed by atoms with Gasteiger partial charge in [-0.1, -0.05) is 40.2 Å². The average Bonchev–Trinajstić information content (AvgIpc) is 2.89. The van der Waals surface area contributed by atoms with Crippen LogP contribution in [0.3, 0.4) is 0 Å². The summed E-state index contributed by atoms with van der Waals surface area (Å²) in [6, 6.07) is 18.2. The Morgan fingerprint density at radius 3 is 2.56 bits per heavy atom. The molecule has 0 atom stereocenters. The molecule has 0 radical (unpaired) electrons. The van der Waals surface area contributed by atoms with Gasteiger partial charge in [0.1, 0.15) is 5.54 Å². The lowest BCUT2D eigenvalue weighted by molar-refractivity contribution is -0.122. The van der Waals surface area contributed by atoms with Gasteiger partial charge in [0.15, 0.2) is 0 Å². The number of anilines is 2. The Morgan fingerprint density at radius 2 is 1.84 bits per heavy atom. The summed E-state index contributed by atoms with van der Waals surface area (Å²) in [6.45, 7) is 0. The topological polar surface area (TPSA) is 64.9 Å². The fraction of sp³-hybridized carbons (Fsp3) is 0.300. The normalized spacial score (nSPS) is 27.4. The minimum absolute atomic E-state index is 0.0719. The molecule has 1 fully saturated rings. The van der Waals surface area contributed by atoms with Crippen LogP contribution in [0.4, 0.5) is 11.4 Å². The van der Waals surface area contributed by atoms with Crippen LogP contribution in [0.25, 0.3) is 0 Å². The molecule has 1 amide bonds. The van der Waals surface area contributed by atoms with Crippen LogP contribution in [0.2, 0.25) is 0 Å². The Kier molecular flexibility index (Phi) is 3.81. The number of halogens is 1. The molecule has 2 N–H and O–H groups in total. The summed E-state index contributed by atoms with van der Waals surface area (Å²) in [5.74, 6) is 0.0719. The fourth-order valence-corrected chi connectivity index (χ4v) is 4.48. The first kappa shape index (κ1) is 16.2. The van der Waals surface area contributed by atoms with E-state index in [1.807, 2.05) is 48.5 Å². The van der Waals surface area contributed by atoms with Crippen molar-refractivity contribution in [3.63, 3.8) is 0 Å². The second kappa shape index (κ2) is 5.89. The van der Waals surface area contributed by atoms with Crippen LogP contribution < -0.4 is 10.6 Å². The number of benzene rings is 2. The number of carbonyl (C=O) groups excluding carboxylic acids is 1. The molecular weight excluding hydrogens is 378 g/mol. The minimum atomic E-state index is -0.635. The highest BCUT2D eigenvalue weighted by atomic mass is 79.9. The Morgan fingerprint density at radius 1 is 1.08 bits per heavy atom. The van der Waals surface area contributed by atoms with Crippen molar-refractivity contribution in [3.8, 4) is 6.07 Å². The van der Waals surface area contributed by atoms with E-state index in [0.29, 0.717) is 25.7 Å². The van der Waals surface area contributed by atoms with Gasteiger partial charge in [0.25, 0.3) is 0 Å². The molecule has 1 heterocycles. The second-order valence-corrected chi connectivity index (χ2v) is 7.83. The van der Waals surface area contributed by atoms with Crippen molar-refractivity contribution in [2.75, 3.05) is 10.6 Å². The van der Waals surface area contributed by atoms with E-state index in [2.05, 4.69) is 32.6 Å². The van der Waals surface area contributed by atoms with Crippen LogP contribution in [0.1, 0.15) is 31.2 Å². The molecule has 5 heteroatoms. The van der Waals surface area contributed by atoms with Crippen molar-refractivity contribution in [1.82, 2.24) is 0 Å². The van der Waals surface area contributed by atoms with E-state index in [9.17, 15) is 10.1 Å². The van der Waals surface area contributed by atoms with Crippen molar-refractivity contribution in [2.24, 2.45) is 0 Å². The van der Waals surface area contributed by atoms with Crippen molar-refractivity contribution < 1.29 is 4.79 Å². The molecule has 0 saturated heterocycles. The van der Waals surface area contributed by atoms with Crippen molar-refractivity contribution >= 4 is 33.2 Å². The van der Waals surface area contributed by atoms with Gasteiger partial charge in [-0.05, 0) is 55.5 Å². The summed E-state index contributed by atoms with van der Waals surface area (Å²) >= 11 is 3.47. The lowest BCUT2D eigenvalue weighted by Crippen LogP contribution is -2.48. The van der Waals surface area contributed by atoms with E-state index in [1.54, 1.807) is 0 Å². The molecule has 0 bridgehead atoms. The fourth-order valence-electron chi connectivity index (χ4n) is 4.08. The quantitative estimate of drug-likeness (QED) is 0.781. The molecule has 0 aromatic heterocycles. The Labute approximate surface area is 155 Å². The summed E-state index contributed by atoms with van der Waals surface area (Å²) in [5.41, 5.74) is 1.79. The first-order valence-electron chi connectivity index (χ1n) is 8.43. The number of rotatable bonds is 2. The molecule has 4 nitrogen and oxygen atoms in total. The molecule has 1 aliphatic heterocycles. The Hall–Kier alpha value is -2.32. The standard InChI is InChI=1S/C20H18BrN3O/c21-14-4-3-5-15(12-14)24-19(13-22)8-10-20(11-9-19)16-6-1-2-7-17(16)23-18(20)25/h1-7,12,24H,8-11H2,(H,23,25). The molecule has 1 saturated carbocycles. The summed E-state index contributed by atoms with van der Waals surface area (Å²) in [5, 5.41) is 16.3. The van der Waals surface area contributed by atoms with Crippen LogP contribution in [-0.2, 0) is 10.2 Å². The molecule has 0 unspecified atom stereocenters. The summed E-state index contributed by atoms with van der Waals surface area (Å²) in [7, 11) is 0. The van der Waals surface area contributed by atoms with Gasteiger partial charge >= 0.3 is 0 Å². The van der Waals surface area contributed by atoms with E-state index < -0.39 is 11.0 Å². The van der Waals surface area contributed by atoms with Gasteiger partial charge in [-0.3, -0.25) is 4.79 Å². The lowest BCUT2D eigenvalue weighted by Gasteiger charge is -2.41. The SMILES string of the molecule is N#CC1(Nc2cccc(Br)c2)CCC2(CC1)C(=O)Nc1ccccc12.